The molecule has 0 spiro atoms. The Bertz CT molecular complexity index is 1110. The number of ether oxygens (including phenoxy) is 1. The molecule has 1 aromatic heterocycles. The molecule has 0 aliphatic heterocycles. The van der Waals surface area contributed by atoms with E-state index >= 15 is 0 Å². The van der Waals surface area contributed by atoms with Crippen molar-refractivity contribution < 1.29 is 31.5 Å². The van der Waals surface area contributed by atoms with Crippen LogP contribution in [0.4, 0.5) is 17.6 Å². The largest absolute Gasteiger partial charge is 0.481 e. The number of nitrogens with one attached hydrogen (secondary N) is 1. The first-order chi connectivity index (χ1) is 13.6. The van der Waals surface area contributed by atoms with Crippen LogP contribution < -0.4 is 15.7 Å². The lowest BCUT2D eigenvalue weighted by Gasteiger charge is -2.16. The number of benzene rings is 2. The molecule has 1 heterocycles. The van der Waals surface area contributed by atoms with Gasteiger partial charge in [0, 0.05) is 29.6 Å². The molecule has 0 saturated heterocycles. The van der Waals surface area contributed by atoms with E-state index in [-0.39, 0.29) is 23.3 Å². The maximum absolute atomic E-state index is 13.6. The predicted molar refractivity (Wildman–Crippen MR) is 95.8 cm³/mol. The number of halogens is 4. The zero-order valence-corrected chi connectivity index (χ0v) is 15.0. The lowest BCUT2D eigenvalue weighted by atomic mass is 10.1. The van der Waals surface area contributed by atoms with E-state index in [1.807, 2.05) is 0 Å². The van der Waals surface area contributed by atoms with Crippen molar-refractivity contribution in [1.29, 1.82) is 0 Å². The first-order valence-electron chi connectivity index (χ1n) is 8.48. The van der Waals surface area contributed by atoms with Crippen molar-refractivity contribution in [1.82, 2.24) is 5.32 Å². The Morgan fingerprint density at radius 1 is 1.17 bits per heavy atom. The second-order valence-corrected chi connectivity index (χ2v) is 6.20. The minimum Gasteiger partial charge on any atom is -0.481 e. The van der Waals surface area contributed by atoms with E-state index in [2.05, 4.69) is 5.32 Å². The lowest BCUT2D eigenvalue weighted by Crippen LogP contribution is -2.36. The molecule has 152 valence electrons. The van der Waals surface area contributed by atoms with Gasteiger partial charge in [-0.25, -0.2) is 9.18 Å². The van der Waals surface area contributed by atoms with E-state index in [0.717, 1.165) is 12.1 Å². The second-order valence-electron chi connectivity index (χ2n) is 6.20. The van der Waals surface area contributed by atoms with Crippen LogP contribution in [0, 0.1) is 5.82 Å². The predicted octanol–water partition coefficient (Wildman–Crippen LogP) is 4.03. The van der Waals surface area contributed by atoms with Gasteiger partial charge in [0.2, 0.25) is 0 Å². The van der Waals surface area contributed by atoms with Crippen molar-refractivity contribution in [3.05, 3.63) is 75.9 Å². The molecule has 0 radical (unpaired) electrons. The highest BCUT2D eigenvalue weighted by Crippen LogP contribution is 2.34. The summed E-state index contributed by atoms with van der Waals surface area (Å²) in [7, 11) is 0. The Hall–Kier alpha value is -3.36. The number of hydrogen-bond acceptors (Lipinski definition) is 4. The zero-order chi connectivity index (χ0) is 21.2. The molecule has 1 N–H and O–H groups in total. The summed E-state index contributed by atoms with van der Waals surface area (Å²) < 4.78 is 63.1. The molecule has 2 aromatic carbocycles. The maximum Gasteiger partial charge on any atom is 0.417 e. The Labute approximate surface area is 161 Å². The molecule has 1 unspecified atom stereocenters. The van der Waals surface area contributed by atoms with Gasteiger partial charge in [0.25, 0.3) is 5.91 Å². The summed E-state index contributed by atoms with van der Waals surface area (Å²) in [6.07, 6.45) is -5.76. The van der Waals surface area contributed by atoms with Crippen LogP contribution in [0.5, 0.6) is 5.75 Å². The quantitative estimate of drug-likeness (QED) is 0.510. The summed E-state index contributed by atoms with van der Waals surface area (Å²) in [4.78, 5) is 23.6. The van der Waals surface area contributed by atoms with Gasteiger partial charge in [0.1, 0.15) is 17.1 Å². The first-order valence-corrected chi connectivity index (χ1v) is 8.48. The Balaban J connectivity index is 1.75. The molecule has 3 aromatic rings. The molecule has 0 aliphatic rings. The maximum atomic E-state index is 13.6. The molecule has 0 fully saturated rings. The van der Waals surface area contributed by atoms with Gasteiger partial charge in [0.15, 0.2) is 6.10 Å². The number of carbonyl (C=O) groups excluding carboxylic acids is 1. The number of carbonyl (C=O) groups is 1. The molecule has 1 atom stereocenters. The number of fused-ring (bicyclic) bond motifs is 1. The van der Waals surface area contributed by atoms with Crippen LogP contribution in [0.25, 0.3) is 11.0 Å². The summed E-state index contributed by atoms with van der Waals surface area (Å²) >= 11 is 0. The van der Waals surface area contributed by atoms with E-state index in [9.17, 15) is 27.2 Å². The molecule has 0 saturated carbocycles. The van der Waals surface area contributed by atoms with Gasteiger partial charge < -0.3 is 14.5 Å². The molecule has 5 nitrogen and oxygen atoms in total. The topological polar surface area (TPSA) is 68.5 Å². The standard InChI is InChI=1S/C20H15F4NO4/c1-11(19(27)25-10-12-4-2-3-5-16(12)21)28-13-6-7-14-15(20(22,23)24)9-18(26)29-17(14)8-13/h2-9,11H,10H2,1H3,(H,25,27). The van der Waals surface area contributed by atoms with E-state index in [4.69, 9.17) is 9.15 Å². The van der Waals surface area contributed by atoms with Crippen LogP contribution in [-0.4, -0.2) is 12.0 Å². The molecule has 3 rings (SSSR count). The summed E-state index contributed by atoms with van der Waals surface area (Å²) in [5.74, 6) is -0.987. The number of hydrogen-bond donors (Lipinski definition) is 1. The molecule has 29 heavy (non-hydrogen) atoms. The van der Waals surface area contributed by atoms with Gasteiger partial charge in [-0.2, -0.15) is 13.2 Å². The van der Waals surface area contributed by atoms with Crippen molar-refractivity contribution in [3.63, 3.8) is 0 Å². The molecular formula is C20H15F4NO4. The number of rotatable bonds is 5. The average molecular weight is 409 g/mol. The third kappa shape index (κ3) is 4.74. The van der Waals surface area contributed by atoms with Crippen LogP contribution in [0.15, 0.2) is 57.7 Å². The fraction of sp³-hybridized carbons (Fsp3) is 0.200. The number of amides is 1. The smallest absolute Gasteiger partial charge is 0.417 e. The van der Waals surface area contributed by atoms with Crippen molar-refractivity contribution in [3.8, 4) is 5.75 Å². The van der Waals surface area contributed by atoms with E-state index in [1.165, 1.54) is 31.2 Å². The van der Waals surface area contributed by atoms with Crippen LogP contribution in [0.2, 0.25) is 0 Å². The van der Waals surface area contributed by atoms with Crippen molar-refractivity contribution in [2.24, 2.45) is 0 Å². The summed E-state index contributed by atoms with van der Waals surface area (Å²) in [5, 5.41) is 2.20. The van der Waals surface area contributed by atoms with Gasteiger partial charge in [0.05, 0.1) is 5.56 Å². The highest BCUT2D eigenvalue weighted by molar-refractivity contribution is 5.83. The van der Waals surface area contributed by atoms with Crippen molar-refractivity contribution in [2.45, 2.75) is 25.7 Å². The lowest BCUT2D eigenvalue weighted by molar-refractivity contribution is -0.136. The minimum absolute atomic E-state index is 0.0357. The van der Waals surface area contributed by atoms with E-state index in [0.29, 0.717) is 11.6 Å². The van der Waals surface area contributed by atoms with Crippen LogP contribution in [-0.2, 0) is 17.5 Å². The summed E-state index contributed by atoms with van der Waals surface area (Å²) in [6.45, 7) is 1.37. The van der Waals surface area contributed by atoms with Crippen LogP contribution in [0.1, 0.15) is 18.1 Å². The van der Waals surface area contributed by atoms with Crippen LogP contribution >= 0.6 is 0 Å². The highest BCUT2D eigenvalue weighted by Gasteiger charge is 2.34. The summed E-state index contributed by atoms with van der Waals surface area (Å²) in [6, 6.07) is 9.74. The van der Waals surface area contributed by atoms with E-state index in [1.54, 1.807) is 6.07 Å². The Morgan fingerprint density at radius 3 is 2.59 bits per heavy atom. The average Bonchev–Trinajstić information content (AvgIpc) is 2.65. The van der Waals surface area contributed by atoms with Gasteiger partial charge >= 0.3 is 11.8 Å². The molecule has 0 bridgehead atoms. The van der Waals surface area contributed by atoms with Gasteiger partial charge in [-0.3, -0.25) is 4.79 Å². The third-order valence-corrected chi connectivity index (χ3v) is 4.11. The Morgan fingerprint density at radius 2 is 1.90 bits per heavy atom. The van der Waals surface area contributed by atoms with Gasteiger partial charge in [-0.05, 0) is 25.1 Å². The molecular weight excluding hydrogens is 394 g/mol. The first kappa shape index (κ1) is 20.4. The third-order valence-electron chi connectivity index (χ3n) is 4.11. The molecule has 9 heteroatoms. The van der Waals surface area contributed by atoms with Crippen molar-refractivity contribution >= 4 is 16.9 Å². The number of alkyl halides is 3. The fourth-order valence-corrected chi connectivity index (χ4v) is 2.68. The van der Waals surface area contributed by atoms with Gasteiger partial charge in [-0.15, -0.1) is 0 Å². The highest BCUT2D eigenvalue weighted by atomic mass is 19.4. The second kappa shape index (κ2) is 7.94. The normalized spacial score (nSPS) is 12.6. The molecule has 0 aliphatic carbocycles. The van der Waals surface area contributed by atoms with Crippen LogP contribution in [0.3, 0.4) is 0 Å². The summed E-state index contributed by atoms with van der Waals surface area (Å²) in [5.41, 5.74) is -2.30. The Kier molecular flexibility index (Phi) is 5.58. The molecule has 1 amide bonds. The monoisotopic (exact) mass is 409 g/mol. The van der Waals surface area contributed by atoms with Gasteiger partial charge in [-0.1, -0.05) is 18.2 Å². The zero-order valence-electron chi connectivity index (χ0n) is 15.0. The fourth-order valence-electron chi connectivity index (χ4n) is 2.68. The minimum atomic E-state index is -4.73. The SMILES string of the molecule is CC(Oc1ccc2c(C(F)(F)F)cc(=O)oc2c1)C(=O)NCc1ccccc1F. The van der Waals surface area contributed by atoms with E-state index < -0.39 is 35.2 Å². The van der Waals surface area contributed by atoms with Crippen molar-refractivity contribution in [2.75, 3.05) is 0 Å².